The third-order valence-electron chi connectivity index (χ3n) is 3.75. The van der Waals surface area contributed by atoms with E-state index in [0.29, 0.717) is 6.54 Å². The molecule has 2 rings (SSSR count). The van der Waals surface area contributed by atoms with Crippen LogP contribution >= 0.6 is 0 Å². The molecule has 0 aromatic heterocycles. The van der Waals surface area contributed by atoms with Crippen molar-refractivity contribution >= 4 is 5.91 Å². The largest absolute Gasteiger partial charge is 0.383 e. The Labute approximate surface area is 126 Å². The third-order valence-corrected chi connectivity index (χ3v) is 3.75. The van der Waals surface area contributed by atoms with Crippen molar-refractivity contribution in [3.8, 4) is 0 Å². The summed E-state index contributed by atoms with van der Waals surface area (Å²) in [6, 6.07) is 7.75. The summed E-state index contributed by atoms with van der Waals surface area (Å²) in [6.07, 6.45) is 2.60. The molecule has 0 spiro atoms. The molecule has 0 radical (unpaired) electrons. The number of benzene rings is 1. The van der Waals surface area contributed by atoms with Crippen LogP contribution in [0.25, 0.3) is 0 Å². The number of hydrogen-bond donors (Lipinski definition) is 2. The minimum Gasteiger partial charge on any atom is -0.383 e. The van der Waals surface area contributed by atoms with Gasteiger partial charge in [-0.1, -0.05) is 24.3 Å². The van der Waals surface area contributed by atoms with Crippen molar-refractivity contribution in [1.29, 1.82) is 0 Å². The number of carbonyl (C=O) groups excluding carboxylic acids is 1. The SMILES string of the molecule is COCC(N)C(=O)NCc1cccc(CN2CCCC2)c1. The molecule has 1 saturated heterocycles. The highest BCUT2D eigenvalue weighted by Gasteiger charge is 2.13. The molecule has 1 aliphatic rings. The molecule has 21 heavy (non-hydrogen) atoms. The lowest BCUT2D eigenvalue weighted by molar-refractivity contribution is -0.123. The van der Waals surface area contributed by atoms with Crippen LogP contribution in [0.5, 0.6) is 0 Å². The molecule has 5 heteroatoms. The van der Waals surface area contributed by atoms with Gasteiger partial charge in [0.15, 0.2) is 0 Å². The second-order valence-electron chi connectivity index (χ2n) is 5.58. The number of amides is 1. The first-order valence-corrected chi connectivity index (χ1v) is 7.51. The van der Waals surface area contributed by atoms with E-state index in [9.17, 15) is 4.79 Å². The first-order chi connectivity index (χ1) is 10.2. The smallest absolute Gasteiger partial charge is 0.239 e. The number of nitrogens with one attached hydrogen (secondary N) is 1. The average molecular weight is 291 g/mol. The lowest BCUT2D eigenvalue weighted by Gasteiger charge is -2.15. The molecule has 1 amide bonds. The Morgan fingerprint density at radius 1 is 1.38 bits per heavy atom. The summed E-state index contributed by atoms with van der Waals surface area (Å²) in [5, 5.41) is 2.85. The van der Waals surface area contributed by atoms with Gasteiger partial charge in [-0.25, -0.2) is 0 Å². The number of ether oxygens (including phenoxy) is 1. The fourth-order valence-electron chi connectivity index (χ4n) is 2.61. The van der Waals surface area contributed by atoms with Gasteiger partial charge in [0.2, 0.25) is 5.91 Å². The van der Waals surface area contributed by atoms with E-state index in [1.54, 1.807) is 0 Å². The van der Waals surface area contributed by atoms with Gasteiger partial charge < -0.3 is 15.8 Å². The molecule has 3 N–H and O–H groups in total. The number of hydrogen-bond acceptors (Lipinski definition) is 4. The summed E-state index contributed by atoms with van der Waals surface area (Å²) in [5.41, 5.74) is 8.08. The maximum Gasteiger partial charge on any atom is 0.239 e. The topological polar surface area (TPSA) is 67.6 Å². The first kappa shape index (κ1) is 15.9. The number of rotatable bonds is 7. The van der Waals surface area contributed by atoms with Crippen LogP contribution in [-0.4, -0.2) is 43.7 Å². The van der Waals surface area contributed by atoms with Crippen LogP contribution in [-0.2, 0) is 22.6 Å². The Bertz CT molecular complexity index is 459. The Balaban J connectivity index is 1.84. The second kappa shape index (κ2) is 8.12. The standard InChI is InChI=1S/C16H25N3O2/c1-21-12-15(17)16(20)18-10-13-5-4-6-14(9-13)11-19-7-2-3-8-19/h4-6,9,15H,2-3,7-8,10-12,17H2,1H3,(H,18,20). The number of nitrogens with two attached hydrogens (primary N) is 1. The second-order valence-corrected chi connectivity index (χ2v) is 5.58. The summed E-state index contributed by atoms with van der Waals surface area (Å²) in [4.78, 5) is 14.2. The lowest BCUT2D eigenvalue weighted by Crippen LogP contribution is -2.43. The molecule has 5 nitrogen and oxygen atoms in total. The highest BCUT2D eigenvalue weighted by atomic mass is 16.5. The highest BCUT2D eigenvalue weighted by Crippen LogP contribution is 2.13. The van der Waals surface area contributed by atoms with Gasteiger partial charge in [0.05, 0.1) is 6.61 Å². The summed E-state index contributed by atoms with van der Waals surface area (Å²) in [6.45, 7) is 4.11. The highest BCUT2D eigenvalue weighted by molar-refractivity contribution is 5.81. The summed E-state index contributed by atoms with van der Waals surface area (Å²) >= 11 is 0. The number of carbonyl (C=O) groups is 1. The van der Waals surface area contributed by atoms with Gasteiger partial charge >= 0.3 is 0 Å². The van der Waals surface area contributed by atoms with E-state index < -0.39 is 6.04 Å². The van der Waals surface area contributed by atoms with Gasteiger partial charge in [-0.05, 0) is 37.1 Å². The Kier molecular flexibility index (Phi) is 6.17. The molecule has 0 bridgehead atoms. The van der Waals surface area contributed by atoms with E-state index in [1.807, 2.05) is 12.1 Å². The molecule has 1 aromatic carbocycles. The summed E-state index contributed by atoms with van der Waals surface area (Å²) in [5.74, 6) is -0.179. The quantitative estimate of drug-likeness (QED) is 0.782. The van der Waals surface area contributed by atoms with E-state index in [4.69, 9.17) is 10.5 Å². The maximum absolute atomic E-state index is 11.7. The van der Waals surface area contributed by atoms with Crippen LogP contribution < -0.4 is 11.1 Å². The molecule has 1 fully saturated rings. The van der Waals surface area contributed by atoms with Crippen molar-refractivity contribution in [2.75, 3.05) is 26.8 Å². The van der Waals surface area contributed by atoms with Gasteiger partial charge in [0, 0.05) is 20.2 Å². The average Bonchev–Trinajstić information content (AvgIpc) is 2.98. The molecule has 1 unspecified atom stereocenters. The predicted molar refractivity (Wildman–Crippen MR) is 82.7 cm³/mol. The molecule has 0 saturated carbocycles. The fourth-order valence-corrected chi connectivity index (χ4v) is 2.61. The zero-order valence-electron chi connectivity index (χ0n) is 12.7. The molecule has 0 aliphatic carbocycles. The molecule has 1 heterocycles. The molecule has 1 aliphatic heterocycles. The van der Waals surface area contributed by atoms with Gasteiger partial charge in [-0.2, -0.15) is 0 Å². The summed E-state index contributed by atoms with van der Waals surface area (Å²) in [7, 11) is 1.54. The van der Waals surface area contributed by atoms with Crippen molar-refractivity contribution in [3.05, 3.63) is 35.4 Å². The minimum absolute atomic E-state index is 0.179. The van der Waals surface area contributed by atoms with Crippen LogP contribution in [0.1, 0.15) is 24.0 Å². The van der Waals surface area contributed by atoms with Crippen molar-refractivity contribution in [3.63, 3.8) is 0 Å². The predicted octanol–water partition coefficient (Wildman–Crippen LogP) is 0.872. The normalized spacial score (nSPS) is 16.9. The molecule has 1 aromatic rings. The fraction of sp³-hybridized carbons (Fsp3) is 0.562. The van der Waals surface area contributed by atoms with E-state index in [2.05, 4.69) is 22.3 Å². The Morgan fingerprint density at radius 3 is 2.81 bits per heavy atom. The van der Waals surface area contributed by atoms with Crippen molar-refractivity contribution in [1.82, 2.24) is 10.2 Å². The van der Waals surface area contributed by atoms with Crippen molar-refractivity contribution < 1.29 is 9.53 Å². The van der Waals surface area contributed by atoms with Gasteiger partial charge in [-0.3, -0.25) is 9.69 Å². The monoisotopic (exact) mass is 291 g/mol. The first-order valence-electron chi connectivity index (χ1n) is 7.51. The number of likely N-dealkylation sites (tertiary alicyclic amines) is 1. The number of methoxy groups -OCH3 is 1. The van der Waals surface area contributed by atoms with Crippen LogP contribution in [0.2, 0.25) is 0 Å². The Hall–Kier alpha value is -1.43. The zero-order chi connectivity index (χ0) is 15.1. The van der Waals surface area contributed by atoms with E-state index >= 15 is 0 Å². The van der Waals surface area contributed by atoms with Crippen LogP contribution in [0.3, 0.4) is 0 Å². The molecular formula is C16H25N3O2. The van der Waals surface area contributed by atoms with E-state index in [-0.39, 0.29) is 12.5 Å². The van der Waals surface area contributed by atoms with Gasteiger partial charge in [-0.15, -0.1) is 0 Å². The molecule has 1 atom stereocenters. The summed E-state index contributed by atoms with van der Waals surface area (Å²) < 4.78 is 4.88. The van der Waals surface area contributed by atoms with Gasteiger partial charge in [0.1, 0.15) is 6.04 Å². The van der Waals surface area contributed by atoms with E-state index in [0.717, 1.165) is 12.1 Å². The number of nitrogens with zero attached hydrogens (tertiary/aromatic N) is 1. The molecular weight excluding hydrogens is 266 g/mol. The minimum atomic E-state index is -0.609. The van der Waals surface area contributed by atoms with Crippen LogP contribution in [0.4, 0.5) is 0 Å². The maximum atomic E-state index is 11.7. The van der Waals surface area contributed by atoms with Crippen LogP contribution in [0, 0.1) is 0 Å². The Morgan fingerprint density at radius 2 is 2.10 bits per heavy atom. The van der Waals surface area contributed by atoms with Gasteiger partial charge in [0.25, 0.3) is 0 Å². The molecule has 116 valence electrons. The van der Waals surface area contributed by atoms with Crippen molar-refractivity contribution in [2.24, 2.45) is 5.73 Å². The van der Waals surface area contributed by atoms with Crippen molar-refractivity contribution in [2.45, 2.75) is 32.0 Å². The third kappa shape index (κ3) is 5.12. The van der Waals surface area contributed by atoms with Crippen LogP contribution in [0.15, 0.2) is 24.3 Å². The lowest BCUT2D eigenvalue weighted by atomic mass is 10.1. The van der Waals surface area contributed by atoms with E-state index in [1.165, 1.54) is 38.6 Å². The zero-order valence-corrected chi connectivity index (χ0v) is 12.7.